The van der Waals surface area contributed by atoms with Gasteiger partial charge in [0.05, 0.1) is 35.2 Å². The number of allylic oxidation sites excluding steroid dienone is 1. The number of hydrogen-bond acceptors (Lipinski definition) is 5. The third-order valence-electron chi connectivity index (χ3n) is 5.30. The van der Waals surface area contributed by atoms with E-state index in [9.17, 15) is 22.8 Å². The molecule has 33 heavy (non-hydrogen) atoms. The van der Waals surface area contributed by atoms with Crippen molar-refractivity contribution in [2.24, 2.45) is 0 Å². The van der Waals surface area contributed by atoms with Crippen LogP contribution in [0.5, 0.6) is 0 Å². The fourth-order valence-corrected chi connectivity index (χ4v) is 3.66. The van der Waals surface area contributed by atoms with E-state index in [2.05, 4.69) is 10.6 Å². The van der Waals surface area contributed by atoms with Crippen LogP contribution in [0.25, 0.3) is 5.70 Å². The SMILES string of the molecule is CC1=C(C(=O)OCCO)[C@@H](c2ccc(C3=CN3)cc2)NC(=O)N1c1cccc(C(F)(F)F)c1. The predicted molar refractivity (Wildman–Crippen MR) is 113 cm³/mol. The number of benzene rings is 2. The monoisotopic (exact) mass is 459 g/mol. The number of esters is 1. The lowest BCUT2D eigenvalue weighted by molar-refractivity contribution is -0.140. The number of alkyl halides is 3. The summed E-state index contributed by atoms with van der Waals surface area (Å²) >= 11 is 0. The van der Waals surface area contributed by atoms with Gasteiger partial charge in [-0.05, 0) is 36.2 Å². The number of aliphatic hydroxyl groups is 1. The molecule has 2 amide bonds. The molecule has 0 fully saturated rings. The molecule has 1 atom stereocenters. The summed E-state index contributed by atoms with van der Waals surface area (Å²) in [5.41, 5.74) is 1.68. The second kappa shape index (κ2) is 8.62. The minimum atomic E-state index is -4.60. The average molecular weight is 459 g/mol. The summed E-state index contributed by atoms with van der Waals surface area (Å²) in [6.45, 7) is 0.802. The lowest BCUT2D eigenvalue weighted by Gasteiger charge is -2.35. The lowest BCUT2D eigenvalue weighted by Crippen LogP contribution is -2.48. The van der Waals surface area contributed by atoms with E-state index in [1.807, 2.05) is 18.3 Å². The number of ether oxygens (including phenoxy) is 1. The van der Waals surface area contributed by atoms with Crippen molar-refractivity contribution in [3.05, 3.63) is 82.7 Å². The molecule has 2 aliphatic rings. The van der Waals surface area contributed by atoms with E-state index < -0.39 is 36.4 Å². The highest BCUT2D eigenvalue weighted by molar-refractivity contribution is 6.03. The Kier molecular flexibility index (Phi) is 5.86. The Balaban J connectivity index is 1.77. The van der Waals surface area contributed by atoms with Gasteiger partial charge in [-0.25, -0.2) is 9.59 Å². The molecule has 0 bridgehead atoms. The van der Waals surface area contributed by atoms with Gasteiger partial charge in [0.1, 0.15) is 6.61 Å². The van der Waals surface area contributed by atoms with Gasteiger partial charge in [0, 0.05) is 11.9 Å². The van der Waals surface area contributed by atoms with Gasteiger partial charge in [0.2, 0.25) is 0 Å². The summed E-state index contributed by atoms with van der Waals surface area (Å²) < 4.78 is 44.7. The highest BCUT2D eigenvalue weighted by Crippen LogP contribution is 2.37. The minimum absolute atomic E-state index is 0.0483. The van der Waals surface area contributed by atoms with Crippen LogP contribution in [0.1, 0.15) is 29.7 Å². The van der Waals surface area contributed by atoms with Gasteiger partial charge in [0.15, 0.2) is 0 Å². The fraction of sp³-hybridized carbons (Fsp3) is 0.217. The second-order valence-corrected chi connectivity index (χ2v) is 7.45. The molecule has 2 aliphatic heterocycles. The molecular weight excluding hydrogens is 439 g/mol. The molecule has 0 aliphatic carbocycles. The van der Waals surface area contributed by atoms with Crippen molar-refractivity contribution in [3.63, 3.8) is 0 Å². The number of hydrogen-bond donors (Lipinski definition) is 3. The molecule has 0 saturated heterocycles. The molecule has 0 radical (unpaired) electrons. The van der Waals surface area contributed by atoms with Gasteiger partial charge in [0.25, 0.3) is 0 Å². The minimum Gasteiger partial charge on any atom is -0.460 e. The van der Waals surface area contributed by atoms with Crippen LogP contribution < -0.4 is 15.5 Å². The number of nitrogens with zero attached hydrogens (tertiary/aromatic N) is 1. The van der Waals surface area contributed by atoms with Crippen molar-refractivity contribution in [3.8, 4) is 0 Å². The van der Waals surface area contributed by atoms with Gasteiger partial charge in [-0.15, -0.1) is 0 Å². The summed E-state index contributed by atoms with van der Waals surface area (Å²) in [7, 11) is 0. The first-order valence-electron chi connectivity index (χ1n) is 10.0. The van der Waals surface area contributed by atoms with E-state index in [4.69, 9.17) is 9.84 Å². The number of carbonyl (C=O) groups excluding carboxylic acids is 2. The molecule has 0 aromatic heterocycles. The van der Waals surface area contributed by atoms with E-state index in [0.717, 1.165) is 28.3 Å². The summed E-state index contributed by atoms with van der Waals surface area (Å²) in [5, 5.41) is 14.7. The third kappa shape index (κ3) is 4.56. The van der Waals surface area contributed by atoms with Crippen molar-refractivity contribution >= 4 is 23.4 Å². The van der Waals surface area contributed by atoms with Crippen LogP contribution in [0, 0.1) is 0 Å². The van der Waals surface area contributed by atoms with Crippen molar-refractivity contribution in [2.75, 3.05) is 18.1 Å². The number of carbonyl (C=O) groups is 2. The lowest BCUT2D eigenvalue weighted by atomic mass is 9.93. The number of urea groups is 1. The second-order valence-electron chi connectivity index (χ2n) is 7.45. The summed E-state index contributed by atoms with van der Waals surface area (Å²) in [6.07, 6.45) is -2.77. The maximum absolute atomic E-state index is 13.2. The molecule has 0 spiro atoms. The Labute approximate surface area is 187 Å². The Morgan fingerprint density at radius 2 is 1.88 bits per heavy atom. The van der Waals surface area contributed by atoms with Crippen molar-refractivity contribution in [1.82, 2.24) is 10.6 Å². The average Bonchev–Trinajstić information content (AvgIpc) is 3.62. The number of aliphatic hydroxyl groups excluding tert-OH is 1. The molecule has 7 nitrogen and oxygen atoms in total. The molecule has 2 aromatic rings. The van der Waals surface area contributed by atoms with Crippen molar-refractivity contribution in [1.29, 1.82) is 0 Å². The molecule has 3 N–H and O–H groups in total. The maximum atomic E-state index is 13.2. The van der Waals surface area contributed by atoms with Crippen LogP contribution in [0.15, 0.2) is 66.0 Å². The van der Waals surface area contributed by atoms with Crippen LogP contribution in [-0.4, -0.2) is 30.3 Å². The van der Waals surface area contributed by atoms with Crippen LogP contribution in [0.4, 0.5) is 23.7 Å². The Morgan fingerprint density at radius 1 is 1.18 bits per heavy atom. The van der Waals surface area contributed by atoms with E-state index in [0.29, 0.717) is 5.56 Å². The van der Waals surface area contributed by atoms with Crippen LogP contribution in [0.3, 0.4) is 0 Å². The van der Waals surface area contributed by atoms with E-state index in [-0.39, 0.29) is 23.6 Å². The number of rotatable bonds is 6. The quantitative estimate of drug-likeness (QED) is 0.572. The normalized spacial score (nSPS) is 17.8. The molecule has 0 saturated carbocycles. The Bertz CT molecular complexity index is 1160. The first kappa shape index (κ1) is 22.4. The summed E-state index contributed by atoms with van der Waals surface area (Å²) in [6, 6.07) is 9.82. The van der Waals surface area contributed by atoms with E-state index >= 15 is 0 Å². The number of nitrogens with one attached hydrogen (secondary N) is 2. The zero-order chi connectivity index (χ0) is 23.8. The summed E-state index contributed by atoms with van der Waals surface area (Å²) in [5.74, 6) is -0.792. The van der Waals surface area contributed by atoms with Gasteiger partial charge in [-0.2, -0.15) is 13.2 Å². The zero-order valence-corrected chi connectivity index (χ0v) is 17.4. The molecule has 2 aromatic carbocycles. The number of amides is 2. The molecule has 10 heteroatoms. The van der Waals surface area contributed by atoms with Crippen molar-refractivity contribution < 1.29 is 32.6 Å². The smallest absolute Gasteiger partial charge is 0.416 e. The van der Waals surface area contributed by atoms with Crippen molar-refractivity contribution in [2.45, 2.75) is 19.1 Å². The first-order valence-corrected chi connectivity index (χ1v) is 10.0. The highest BCUT2D eigenvalue weighted by Gasteiger charge is 2.38. The van der Waals surface area contributed by atoms with Gasteiger partial charge >= 0.3 is 18.2 Å². The Morgan fingerprint density at radius 3 is 2.48 bits per heavy atom. The van der Waals surface area contributed by atoms with Gasteiger partial charge in [-0.1, -0.05) is 30.3 Å². The van der Waals surface area contributed by atoms with Crippen LogP contribution in [-0.2, 0) is 15.7 Å². The molecule has 4 rings (SSSR count). The predicted octanol–water partition coefficient (Wildman–Crippen LogP) is 3.69. The molecule has 172 valence electrons. The number of halogens is 3. The summed E-state index contributed by atoms with van der Waals surface area (Å²) in [4.78, 5) is 26.9. The third-order valence-corrected chi connectivity index (χ3v) is 5.30. The highest BCUT2D eigenvalue weighted by atomic mass is 19.4. The van der Waals surface area contributed by atoms with Gasteiger partial charge in [-0.3, -0.25) is 4.90 Å². The van der Waals surface area contributed by atoms with Crippen LogP contribution >= 0.6 is 0 Å². The topological polar surface area (TPSA) is 101 Å². The Hall–Kier alpha value is -3.79. The maximum Gasteiger partial charge on any atom is 0.416 e. The van der Waals surface area contributed by atoms with Gasteiger partial charge < -0.3 is 20.5 Å². The van der Waals surface area contributed by atoms with E-state index in [1.54, 1.807) is 12.1 Å². The molecule has 0 unspecified atom stereocenters. The fourth-order valence-electron chi connectivity index (χ4n) is 3.66. The zero-order valence-electron chi connectivity index (χ0n) is 17.4. The number of anilines is 1. The largest absolute Gasteiger partial charge is 0.460 e. The molecule has 2 heterocycles. The molecular formula is C23H20F3N3O4. The first-order chi connectivity index (χ1) is 15.7. The standard InChI is InChI=1S/C23H20F3N3O4/c1-13-19(21(31)33-10-9-30)20(15-7-5-14(6-8-15)18-12-27-18)28-22(32)29(13)17-4-2-3-16(11-17)23(24,25)26/h2-8,11-12,20,27,30H,9-10H2,1H3,(H,28,32)/t20-/m1/s1. The van der Waals surface area contributed by atoms with E-state index in [1.165, 1.54) is 19.1 Å². The van der Waals surface area contributed by atoms with Crippen LogP contribution in [0.2, 0.25) is 0 Å².